The molecule has 20 heavy (non-hydrogen) atoms. The molecule has 0 radical (unpaired) electrons. The summed E-state index contributed by atoms with van der Waals surface area (Å²) in [5, 5.41) is 14.4. The van der Waals surface area contributed by atoms with E-state index in [1.165, 1.54) is 0 Å². The van der Waals surface area contributed by atoms with E-state index in [1.54, 1.807) is 0 Å². The summed E-state index contributed by atoms with van der Waals surface area (Å²) >= 11 is 0. The molecule has 3 N–H and O–H groups in total. The lowest BCUT2D eigenvalue weighted by Gasteiger charge is -2.17. The molecule has 1 rings (SSSR count). The normalized spacial score (nSPS) is 21.4. The summed E-state index contributed by atoms with van der Waals surface area (Å²) in [5.74, 6) is -0.340. The van der Waals surface area contributed by atoms with E-state index in [0.29, 0.717) is 18.9 Å². The second kappa shape index (κ2) is 5.62. The summed E-state index contributed by atoms with van der Waals surface area (Å²) in [7, 11) is 0. The Balaban J connectivity index is 2.42. The van der Waals surface area contributed by atoms with Crippen molar-refractivity contribution in [2.45, 2.75) is 54.0 Å². The van der Waals surface area contributed by atoms with Crippen LogP contribution < -0.4 is 10.6 Å². The summed E-state index contributed by atoms with van der Waals surface area (Å²) < 4.78 is 0. The number of nitrogens with one attached hydrogen (secondary N) is 2. The first-order chi connectivity index (χ1) is 9.00. The predicted molar refractivity (Wildman–Crippen MR) is 78.5 cm³/mol. The van der Waals surface area contributed by atoms with E-state index in [4.69, 9.17) is 5.11 Å². The van der Waals surface area contributed by atoms with E-state index in [1.807, 2.05) is 13.8 Å². The van der Waals surface area contributed by atoms with Crippen molar-refractivity contribution in [3.05, 3.63) is 0 Å². The van der Waals surface area contributed by atoms with E-state index in [0.717, 1.165) is 0 Å². The molecule has 2 amide bonds. The number of aliphatic carboxylic acids is 1. The Hall–Kier alpha value is -1.26. The van der Waals surface area contributed by atoms with Gasteiger partial charge in [-0.15, -0.1) is 0 Å². The van der Waals surface area contributed by atoms with Crippen molar-refractivity contribution in [1.82, 2.24) is 10.6 Å². The highest BCUT2D eigenvalue weighted by atomic mass is 16.4. The molecule has 1 aliphatic carbocycles. The highest BCUT2D eigenvalue weighted by molar-refractivity contribution is 5.82. The average molecular weight is 284 g/mol. The third-order valence-corrected chi connectivity index (χ3v) is 5.10. The minimum absolute atomic E-state index is 0.213. The van der Waals surface area contributed by atoms with Crippen molar-refractivity contribution < 1.29 is 14.7 Å². The van der Waals surface area contributed by atoms with E-state index < -0.39 is 18.0 Å². The van der Waals surface area contributed by atoms with Gasteiger partial charge in [0, 0.05) is 6.54 Å². The zero-order valence-corrected chi connectivity index (χ0v) is 13.4. The molecule has 0 heterocycles. The van der Waals surface area contributed by atoms with Crippen LogP contribution in [0, 0.1) is 22.7 Å². The van der Waals surface area contributed by atoms with Crippen molar-refractivity contribution in [2.75, 3.05) is 6.54 Å². The van der Waals surface area contributed by atoms with E-state index in [2.05, 4.69) is 38.3 Å². The largest absolute Gasteiger partial charge is 0.480 e. The number of hydrogen-bond acceptors (Lipinski definition) is 2. The van der Waals surface area contributed by atoms with Crippen LogP contribution in [0.15, 0.2) is 0 Å². The minimum Gasteiger partial charge on any atom is -0.480 e. The van der Waals surface area contributed by atoms with Gasteiger partial charge in [0.25, 0.3) is 0 Å². The number of rotatable bonds is 6. The first-order valence-corrected chi connectivity index (χ1v) is 7.27. The molecule has 0 spiro atoms. The molecule has 1 saturated carbocycles. The molecule has 1 fully saturated rings. The Bertz CT molecular complexity index is 375. The number of hydrogen-bond donors (Lipinski definition) is 3. The van der Waals surface area contributed by atoms with Crippen LogP contribution in [0.2, 0.25) is 0 Å². The second-order valence-electron chi connectivity index (χ2n) is 7.37. The van der Waals surface area contributed by atoms with Crippen molar-refractivity contribution in [3.63, 3.8) is 0 Å². The number of carboxylic acid groups (broad SMARTS) is 1. The lowest BCUT2D eigenvalue weighted by Crippen LogP contribution is -2.47. The maximum absolute atomic E-state index is 11.8. The molecule has 0 aliphatic heterocycles. The third kappa shape index (κ3) is 3.44. The summed E-state index contributed by atoms with van der Waals surface area (Å²) in [6, 6.07) is -1.22. The fourth-order valence-corrected chi connectivity index (χ4v) is 2.94. The van der Waals surface area contributed by atoms with Gasteiger partial charge < -0.3 is 15.7 Å². The number of carbonyl (C=O) groups excluding carboxylic acids is 1. The van der Waals surface area contributed by atoms with Gasteiger partial charge in [-0.1, -0.05) is 41.5 Å². The zero-order valence-electron chi connectivity index (χ0n) is 13.4. The third-order valence-electron chi connectivity index (χ3n) is 5.10. The van der Waals surface area contributed by atoms with Gasteiger partial charge in [-0.3, -0.25) is 0 Å². The number of urea groups is 1. The lowest BCUT2D eigenvalue weighted by atomic mass is 10.0. The van der Waals surface area contributed by atoms with Crippen molar-refractivity contribution >= 4 is 12.0 Å². The smallest absolute Gasteiger partial charge is 0.326 e. The monoisotopic (exact) mass is 284 g/mol. The molecule has 5 heteroatoms. The van der Waals surface area contributed by atoms with Crippen LogP contribution in [0.4, 0.5) is 4.79 Å². The van der Waals surface area contributed by atoms with Crippen molar-refractivity contribution in [1.29, 1.82) is 0 Å². The van der Waals surface area contributed by atoms with Crippen LogP contribution in [-0.4, -0.2) is 29.7 Å². The Kier molecular flexibility index (Phi) is 4.72. The first kappa shape index (κ1) is 16.8. The molecule has 0 saturated heterocycles. The summed E-state index contributed by atoms with van der Waals surface area (Å²) in [5.41, 5.74) is 0.425. The van der Waals surface area contributed by atoms with E-state index in [9.17, 15) is 9.59 Å². The lowest BCUT2D eigenvalue weighted by molar-refractivity contribution is -0.139. The van der Waals surface area contributed by atoms with Gasteiger partial charge in [-0.2, -0.15) is 0 Å². The highest BCUT2D eigenvalue weighted by Crippen LogP contribution is 2.67. The van der Waals surface area contributed by atoms with Gasteiger partial charge in [-0.05, 0) is 29.1 Å². The van der Waals surface area contributed by atoms with Gasteiger partial charge in [0.05, 0.1) is 0 Å². The quantitative estimate of drug-likeness (QED) is 0.701. The average Bonchev–Trinajstić information content (AvgIpc) is 2.65. The maximum atomic E-state index is 11.8. The summed E-state index contributed by atoms with van der Waals surface area (Å²) in [6.07, 6.45) is 0.434. The molecule has 1 atom stereocenters. The molecule has 1 aliphatic rings. The van der Waals surface area contributed by atoms with Gasteiger partial charge in [-0.25, -0.2) is 9.59 Å². The van der Waals surface area contributed by atoms with Crippen LogP contribution in [0.5, 0.6) is 0 Å². The molecule has 0 aromatic heterocycles. The Morgan fingerprint density at radius 2 is 1.65 bits per heavy atom. The molecular weight excluding hydrogens is 256 g/mol. The molecule has 0 unspecified atom stereocenters. The van der Waals surface area contributed by atoms with Crippen LogP contribution in [0.1, 0.15) is 48.0 Å². The fraction of sp³-hybridized carbons (Fsp3) is 0.867. The molecule has 0 aromatic rings. The van der Waals surface area contributed by atoms with Gasteiger partial charge in [0.1, 0.15) is 6.04 Å². The number of carbonyl (C=O) groups is 2. The standard InChI is InChI=1S/C15H28N2O3/c1-9(2)7-10(12(18)19)17-13(20)16-8-11-14(3,4)15(11,5)6/h9-11H,7-8H2,1-6H3,(H,18,19)(H2,16,17,20)/t10-/m0/s1. The number of amides is 2. The van der Waals surface area contributed by atoms with Gasteiger partial charge >= 0.3 is 12.0 Å². The molecular formula is C15H28N2O3. The van der Waals surface area contributed by atoms with Crippen LogP contribution in [-0.2, 0) is 4.79 Å². The van der Waals surface area contributed by atoms with Gasteiger partial charge in [0.15, 0.2) is 0 Å². The SMILES string of the molecule is CC(C)C[C@H](NC(=O)NCC1C(C)(C)C1(C)C)C(=O)O. The Morgan fingerprint density at radius 3 is 2.00 bits per heavy atom. The predicted octanol–water partition coefficient (Wildman–Crippen LogP) is 2.47. The minimum atomic E-state index is -0.985. The fourth-order valence-electron chi connectivity index (χ4n) is 2.94. The van der Waals surface area contributed by atoms with Crippen LogP contribution in [0.25, 0.3) is 0 Å². The molecule has 116 valence electrons. The topological polar surface area (TPSA) is 78.4 Å². The first-order valence-electron chi connectivity index (χ1n) is 7.27. The van der Waals surface area contributed by atoms with Gasteiger partial charge in [0.2, 0.25) is 0 Å². The van der Waals surface area contributed by atoms with Crippen LogP contribution >= 0.6 is 0 Å². The second-order valence-corrected chi connectivity index (χ2v) is 7.37. The van der Waals surface area contributed by atoms with Crippen LogP contribution in [0.3, 0.4) is 0 Å². The highest BCUT2D eigenvalue weighted by Gasteiger charge is 2.64. The number of carboxylic acids is 1. The molecule has 0 bridgehead atoms. The molecule has 0 aromatic carbocycles. The van der Waals surface area contributed by atoms with Crippen molar-refractivity contribution in [3.8, 4) is 0 Å². The van der Waals surface area contributed by atoms with E-state index >= 15 is 0 Å². The maximum Gasteiger partial charge on any atom is 0.326 e. The Labute approximate surface area is 121 Å². The summed E-state index contributed by atoms with van der Waals surface area (Å²) in [4.78, 5) is 22.9. The summed E-state index contributed by atoms with van der Waals surface area (Å²) in [6.45, 7) is 13.2. The van der Waals surface area contributed by atoms with E-state index in [-0.39, 0.29) is 16.7 Å². The van der Waals surface area contributed by atoms with Crippen molar-refractivity contribution in [2.24, 2.45) is 22.7 Å². The zero-order chi connectivity index (χ0) is 15.7. The molecule has 5 nitrogen and oxygen atoms in total. The Morgan fingerprint density at radius 1 is 1.15 bits per heavy atom.